The van der Waals surface area contributed by atoms with Gasteiger partial charge in [0.1, 0.15) is 0 Å². The Hall–Kier alpha value is -2.42. The molecule has 1 saturated heterocycles. The maximum Gasteiger partial charge on any atom is 0.243 e. The molecule has 0 spiro atoms. The van der Waals surface area contributed by atoms with Gasteiger partial charge in [0.15, 0.2) is 0 Å². The van der Waals surface area contributed by atoms with Crippen LogP contribution in [0.2, 0.25) is 0 Å². The molecule has 0 unspecified atom stereocenters. The van der Waals surface area contributed by atoms with Crippen molar-refractivity contribution in [1.29, 1.82) is 0 Å². The molecule has 0 atom stereocenters. The molecule has 8 heteroatoms. The Labute approximate surface area is 165 Å². The summed E-state index contributed by atoms with van der Waals surface area (Å²) >= 11 is 0. The van der Waals surface area contributed by atoms with Crippen LogP contribution in [-0.4, -0.2) is 51.5 Å². The van der Waals surface area contributed by atoms with Crippen LogP contribution < -0.4 is 10.6 Å². The lowest BCUT2D eigenvalue weighted by Crippen LogP contribution is -2.40. The van der Waals surface area contributed by atoms with Crippen molar-refractivity contribution < 1.29 is 17.9 Å². The number of morpholine rings is 1. The summed E-state index contributed by atoms with van der Waals surface area (Å²) < 4.78 is 32.1. The van der Waals surface area contributed by atoms with Crippen LogP contribution in [-0.2, 0) is 19.6 Å². The lowest BCUT2D eigenvalue weighted by Gasteiger charge is -2.26. The third-order valence-electron chi connectivity index (χ3n) is 4.55. The molecule has 2 aromatic rings. The topological polar surface area (TPSA) is 87.7 Å². The van der Waals surface area contributed by atoms with Crippen molar-refractivity contribution in [3.8, 4) is 0 Å². The summed E-state index contributed by atoms with van der Waals surface area (Å²) in [6, 6.07) is 12.3. The average Bonchev–Trinajstić information content (AvgIpc) is 2.68. The van der Waals surface area contributed by atoms with Crippen LogP contribution in [0.15, 0.2) is 47.4 Å². The molecule has 0 saturated carbocycles. The number of nitrogens with one attached hydrogen (secondary N) is 2. The van der Waals surface area contributed by atoms with Crippen molar-refractivity contribution in [3.05, 3.63) is 53.6 Å². The molecule has 0 bridgehead atoms. The van der Waals surface area contributed by atoms with Gasteiger partial charge in [-0.05, 0) is 43.7 Å². The van der Waals surface area contributed by atoms with Gasteiger partial charge >= 0.3 is 0 Å². The van der Waals surface area contributed by atoms with Crippen LogP contribution in [0.5, 0.6) is 0 Å². The smallest absolute Gasteiger partial charge is 0.243 e. The van der Waals surface area contributed by atoms with E-state index in [1.165, 1.54) is 16.4 Å². The fourth-order valence-electron chi connectivity index (χ4n) is 3.06. The summed E-state index contributed by atoms with van der Waals surface area (Å²) in [4.78, 5) is 12.4. The summed E-state index contributed by atoms with van der Waals surface area (Å²) in [7, 11) is -3.60. The van der Waals surface area contributed by atoms with Gasteiger partial charge in [-0.15, -0.1) is 0 Å². The van der Waals surface area contributed by atoms with E-state index in [0.29, 0.717) is 32.0 Å². The molecule has 7 nitrogen and oxygen atoms in total. The molecule has 0 radical (unpaired) electrons. The number of carbonyl (C=O) groups excluding carboxylic acids is 1. The second kappa shape index (κ2) is 8.72. The summed E-state index contributed by atoms with van der Waals surface area (Å²) in [5, 5.41) is 5.85. The van der Waals surface area contributed by atoms with E-state index >= 15 is 0 Å². The van der Waals surface area contributed by atoms with Crippen molar-refractivity contribution in [1.82, 2.24) is 4.31 Å². The largest absolute Gasteiger partial charge is 0.379 e. The maximum absolute atomic E-state index is 12.7. The number of sulfonamides is 1. The Morgan fingerprint density at radius 1 is 1.11 bits per heavy atom. The highest BCUT2D eigenvalue weighted by molar-refractivity contribution is 7.89. The number of rotatable bonds is 6. The molecule has 1 aliphatic heterocycles. The Kier molecular flexibility index (Phi) is 6.33. The average molecular weight is 404 g/mol. The summed E-state index contributed by atoms with van der Waals surface area (Å²) in [5.74, 6) is -0.249. The van der Waals surface area contributed by atoms with E-state index in [1.54, 1.807) is 12.1 Å². The Balaban J connectivity index is 1.64. The van der Waals surface area contributed by atoms with Crippen LogP contribution in [0.25, 0.3) is 0 Å². The second-order valence-corrected chi connectivity index (χ2v) is 8.70. The number of ether oxygens (including phenoxy) is 1. The molecule has 2 aromatic carbocycles. The van der Waals surface area contributed by atoms with Crippen LogP contribution in [0.1, 0.15) is 11.1 Å². The van der Waals surface area contributed by atoms with Gasteiger partial charge in [-0.3, -0.25) is 4.79 Å². The third-order valence-corrected chi connectivity index (χ3v) is 6.44. The maximum atomic E-state index is 12.7. The van der Waals surface area contributed by atoms with Gasteiger partial charge in [0.25, 0.3) is 0 Å². The molecule has 0 aliphatic carbocycles. The van der Waals surface area contributed by atoms with Crippen molar-refractivity contribution in [2.24, 2.45) is 0 Å². The van der Waals surface area contributed by atoms with E-state index in [-0.39, 0.29) is 17.3 Å². The van der Waals surface area contributed by atoms with E-state index < -0.39 is 10.0 Å². The first-order valence-corrected chi connectivity index (χ1v) is 10.6. The summed E-state index contributed by atoms with van der Waals surface area (Å²) in [5.41, 5.74) is 3.56. The molecule has 0 aromatic heterocycles. The van der Waals surface area contributed by atoms with E-state index in [1.807, 2.05) is 32.0 Å². The lowest BCUT2D eigenvalue weighted by molar-refractivity contribution is -0.114. The van der Waals surface area contributed by atoms with Crippen molar-refractivity contribution >= 4 is 27.3 Å². The zero-order valence-electron chi connectivity index (χ0n) is 16.1. The second-order valence-electron chi connectivity index (χ2n) is 6.76. The van der Waals surface area contributed by atoms with Crippen LogP contribution in [0, 0.1) is 13.8 Å². The number of anilines is 2. The zero-order chi connectivity index (χ0) is 20.1. The minimum absolute atomic E-state index is 0.0876. The number of hydrogen-bond donors (Lipinski definition) is 2. The monoisotopic (exact) mass is 403 g/mol. The predicted octanol–water partition coefficient (Wildman–Crippen LogP) is 2.37. The summed E-state index contributed by atoms with van der Waals surface area (Å²) in [6.45, 7) is 5.52. The molecule has 1 heterocycles. The minimum atomic E-state index is -3.60. The van der Waals surface area contributed by atoms with Gasteiger partial charge in [-0.1, -0.05) is 23.8 Å². The molecule has 150 valence electrons. The quantitative estimate of drug-likeness (QED) is 0.773. The highest BCUT2D eigenvalue weighted by atomic mass is 32.2. The number of aryl methyl sites for hydroxylation is 2. The molecular weight excluding hydrogens is 378 g/mol. The Morgan fingerprint density at radius 3 is 2.57 bits per heavy atom. The third kappa shape index (κ3) is 4.89. The van der Waals surface area contributed by atoms with Crippen LogP contribution in [0.3, 0.4) is 0 Å². The van der Waals surface area contributed by atoms with E-state index in [0.717, 1.165) is 16.8 Å². The van der Waals surface area contributed by atoms with Gasteiger partial charge in [-0.25, -0.2) is 8.42 Å². The van der Waals surface area contributed by atoms with E-state index in [2.05, 4.69) is 10.6 Å². The minimum Gasteiger partial charge on any atom is -0.379 e. The Bertz CT molecular complexity index is 954. The van der Waals surface area contributed by atoms with Crippen molar-refractivity contribution in [2.45, 2.75) is 18.7 Å². The zero-order valence-corrected chi connectivity index (χ0v) is 16.9. The normalized spacial score (nSPS) is 15.2. The van der Waals surface area contributed by atoms with Crippen LogP contribution in [0.4, 0.5) is 11.4 Å². The fraction of sp³-hybridized carbons (Fsp3) is 0.350. The van der Waals surface area contributed by atoms with Crippen molar-refractivity contribution in [3.63, 3.8) is 0 Å². The van der Waals surface area contributed by atoms with Gasteiger partial charge in [0.05, 0.1) is 24.7 Å². The molecule has 1 aliphatic rings. The van der Waals surface area contributed by atoms with Gasteiger partial charge in [-0.2, -0.15) is 4.31 Å². The summed E-state index contributed by atoms with van der Waals surface area (Å²) in [6.07, 6.45) is 0. The molecular formula is C20H25N3O4S. The lowest BCUT2D eigenvalue weighted by atomic mass is 10.1. The predicted molar refractivity (Wildman–Crippen MR) is 109 cm³/mol. The first kappa shape index (κ1) is 20.3. The number of benzene rings is 2. The van der Waals surface area contributed by atoms with Gasteiger partial charge in [0, 0.05) is 24.5 Å². The first-order chi connectivity index (χ1) is 13.4. The van der Waals surface area contributed by atoms with Gasteiger partial charge < -0.3 is 15.4 Å². The molecule has 3 rings (SSSR count). The highest BCUT2D eigenvalue weighted by Crippen LogP contribution is 2.21. The number of nitrogens with zero attached hydrogens (tertiary/aromatic N) is 1. The highest BCUT2D eigenvalue weighted by Gasteiger charge is 2.26. The fourth-order valence-corrected chi connectivity index (χ4v) is 4.52. The van der Waals surface area contributed by atoms with E-state index in [4.69, 9.17) is 4.74 Å². The Morgan fingerprint density at radius 2 is 1.86 bits per heavy atom. The molecule has 2 N–H and O–H groups in total. The number of hydrogen-bond acceptors (Lipinski definition) is 5. The number of amides is 1. The molecule has 1 fully saturated rings. The first-order valence-electron chi connectivity index (χ1n) is 9.15. The SMILES string of the molecule is Cc1ccc(NCC(=O)Nc2cccc(S(=O)(=O)N3CCOCC3)c2)c(C)c1. The van der Waals surface area contributed by atoms with Gasteiger partial charge in [0.2, 0.25) is 15.9 Å². The van der Waals surface area contributed by atoms with Crippen molar-refractivity contribution in [2.75, 3.05) is 43.5 Å². The molecule has 28 heavy (non-hydrogen) atoms. The van der Waals surface area contributed by atoms with Crippen LogP contribution >= 0.6 is 0 Å². The van der Waals surface area contributed by atoms with E-state index in [9.17, 15) is 13.2 Å². The standard InChI is InChI=1S/C20H25N3O4S/c1-15-6-7-19(16(2)12-15)21-14-20(24)22-17-4-3-5-18(13-17)28(25,26)23-8-10-27-11-9-23/h3-7,12-13,21H,8-11,14H2,1-2H3,(H,22,24). The molecule has 1 amide bonds. The number of carbonyl (C=O) groups is 1.